The van der Waals surface area contributed by atoms with Gasteiger partial charge in [-0.05, 0) is 24.7 Å². The molecule has 0 bridgehead atoms. The lowest BCUT2D eigenvalue weighted by molar-refractivity contribution is 0.559. The van der Waals surface area contributed by atoms with Crippen LogP contribution >= 0.6 is 11.6 Å². The maximum atomic E-state index is 13.6. The number of hydrogen-bond donors (Lipinski definition) is 1. The van der Waals surface area contributed by atoms with Gasteiger partial charge in [0.15, 0.2) is 0 Å². The molecular weight excluding hydrogens is 243 g/mol. The van der Waals surface area contributed by atoms with E-state index in [1.807, 2.05) is 6.92 Å². The molecule has 2 aromatic rings. The topological polar surface area (TPSA) is 38.1 Å². The van der Waals surface area contributed by atoms with E-state index in [0.29, 0.717) is 17.1 Å². The van der Waals surface area contributed by atoms with Crippen molar-refractivity contribution in [3.63, 3.8) is 0 Å². The van der Waals surface area contributed by atoms with E-state index in [1.165, 1.54) is 12.3 Å². The lowest BCUT2D eigenvalue weighted by Crippen LogP contribution is -2.11. The molecule has 0 aliphatic rings. The number of rotatable bonds is 4. The van der Waals surface area contributed by atoms with Gasteiger partial charge >= 0.3 is 0 Å². The van der Waals surface area contributed by atoms with Crippen molar-refractivity contribution in [1.82, 2.24) is 10.3 Å². The average molecular weight is 255 g/mol. The van der Waals surface area contributed by atoms with Crippen LogP contribution in [0.4, 0.5) is 4.39 Å². The van der Waals surface area contributed by atoms with Crippen molar-refractivity contribution in [3.05, 3.63) is 41.0 Å². The van der Waals surface area contributed by atoms with Gasteiger partial charge in [-0.2, -0.15) is 0 Å². The summed E-state index contributed by atoms with van der Waals surface area (Å²) >= 11 is 5.68. The van der Waals surface area contributed by atoms with E-state index in [4.69, 9.17) is 16.0 Å². The minimum atomic E-state index is -0.436. The van der Waals surface area contributed by atoms with Crippen LogP contribution in [0.1, 0.15) is 12.6 Å². The first-order valence-electron chi connectivity index (χ1n) is 5.31. The van der Waals surface area contributed by atoms with Gasteiger partial charge in [-0.15, -0.1) is 0 Å². The summed E-state index contributed by atoms with van der Waals surface area (Å²) in [5.74, 6) is -0.165. The quantitative estimate of drug-likeness (QED) is 0.910. The Morgan fingerprint density at radius 1 is 1.47 bits per heavy atom. The van der Waals surface area contributed by atoms with Gasteiger partial charge in [0.2, 0.25) is 5.89 Å². The van der Waals surface area contributed by atoms with Crippen molar-refractivity contribution in [3.8, 4) is 11.5 Å². The van der Waals surface area contributed by atoms with Gasteiger partial charge in [-0.25, -0.2) is 9.37 Å². The highest BCUT2D eigenvalue weighted by molar-refractivity contribution is 6.30. The molecule has 2 rings (SSSR count). The van der Waals surface area contributed by atoms with Crippen LogP contribution in [0.3, 0.4) is 0 Å². The number of aromatic nitrogens is 1. The SMILES string of the molecule is CCNCc1coc(-c2ccc(Cl)cc2F)n1. The van der Waals surface area contributed by atoms with E-state index in [1.54, 1.807) is 12.1 Å². The van der Waals surface area contributed by atoms with Gasteiger partial charge < -0.3 is 9.73 Å². The maximum Gasteiger partial charge on any atom is 0.229 e. The van der Waals surface area contributed by atoms with E-state index >= 15 is 0 Å². The van der Waals surface area contributed by atoms with Gasteiger partial charge in [0, 0.05) is 11.6 Å². The van der Waals surface area contributed by atoms with E-state index in [9.17, 15) is 4.39 Å². The maximum absolute atomic E-state index is 13.6. The summed E-state index contributed by atoms with van der Waals surface area (Å²) in [4.78, 5) is 4.20. The second kappa shape index (κ2) is 5.29. The Bertz CT molecular complexity index is 513. The molecule has 17 heavy (non-hydrogen) atoms. The predicted molar refractivity (Wildman–Crippen MR) is 64.3 cm³/mol. The largest absolute Gasteiger partial charge is 0.444 e. The third kappa shape index (κ3) is 2.84. The highest BCUT2D eigenvalue weighted by Gasteiger charge is 2.11. The van der Waals surface area contributed by atoms with Crippen LogP contribution in [0.2, 0.25) is 5.02 Å². The molecule has 0 unspecified atom stereocenters. The van der Waals surface area contributed by atoms with Crippen molar-refractivity contribution in [2.45, 2.75) is 13.5 Å². The van der Waals surface area contributed by atoms with Crippen LogP contribution in [-0.2, 0) is 6.54 Å². The van der Waals surface area contributed by atoms with Crippen molar-refractivity contribution in [2.75, 3.05) is 6.54 Å². The van der Waals surface area contributed by atoms with Crippen LogP contribution in [0.5, 0.6) is 0 Å². The summed E-state index contributed by atoms with van der Waals surface area (Å²) in [6.45, 7) is 3.45. The molecule has 0 saturated heterocycles. The van der Waals surface area contributed by atoms with E-state index < -0.39 is 5.82 Å². The number of benzene rings is 1. The fourth-order valence-electron chi connectivity index (χ4n) is 1.43. The lowest BCUT2D eigenvalue weighted by Gasteiger charge is -1.98. The monoisotopic (exact) mass is 254 g/mol. The molecule has 1 aromatic heterocycles. The predicted octanol–water partition coefficient (Wildman–Crippen LogP) is 3.24. The van der Waals surface area contributed by atoms with E-state index in [2.05, 4.69) is 10.3 Å². The van der Waals surface area contributed by atoms with Crippen LogP contribution in [0.25, 0.3) is 11.5 Å². The fourth-order valence-corrected chi connectivity index (χ4v) is 1.59. The average Bonchev–Trinajstić information content (AvgIpc) is 2.75. The number of nitrogens with one attached hydrogen (secondary N) is 1. The normalized spacial score (nSPS) is 10.8. The van der Waals surface area contributed by atoms with Crippen LogP contribution < -0.4 is 5.32 Å². The first kappa shape index (κ1) is 12.1. The van der Waals surface area contributed by atoms with Gasteiger partial charge in [0.1, 0.15) is 12.1 Å². The Labute approximate surface area is 104 Å². The summed E-state index contributed by atoms with van der Waals surface area (Å²) in [6, 6.07) is 4.40. The van der Waals surface area contributed by atoms with Crippen molar-refractivity contribution in [1.29, 1.82) is 0 Å². The third-order valence-corrected chi connectivity index (χ3v) is 2.50. The molecule has 0 amide bonds. The summed E-state index contributed by atoms with van der Waals surface area (Å²) in [6.07, 6.45) is 1.52. The summed E-state index contributed by atoms with van der Waals surface area (Å²) in [7, 11) is 0. The van der Waals surface area contributed by atoms with Gasteiger partial charge in [-0.3, -0.25) is 0 Å². The molecule has 0 aliphatic heterocycles. The van der Waals surface area contributed by atoms with Crippen LogP contribution in [0.15, 0.2) is 28.9 Å². The first-order valence-corrected chi connectivity index (χ1v) is 5.69. The molecule has 1 aromatic carbocycles. The summed E-state index contributed by atoms with van der Waals surface area (Å²) in [5.41, 5.74) is 1.06. The highest BCUT2D eigenvalue weighted by Crippen LogP contribution is 2.24. The number of oxazole rings is 1. The molecule has 0 spiro atoms. The van der Waals surface area contributed by atoms with Crippen molar-refractivity contribution in [2.24, 2.45) is 0 Å². The zero-order chi connectivity index (χ0) is 12.3. The van der Waals surface area contributed by atoms with Crippen LogP contribution in [0, 0.1) is 5.82 Å². The standard InChI is InChI=1S/C12H12ClFN2O/c1-2-15-6-9-7-17-12(16-9)10-4-3-8(13)5-11(10)14/h3-5,7,15H,2,6H2,1H3. The Balaban J connectivity index is 2.24. The van der Waals surface area contributed by atoms with Gasteiger partial charge in [0.05, 0.1) is 11.3 Å². The first-order chi connectivity index (χ1) is 8.20. The Hall–Kier alpha value is -1.39. The van der Waals surface area contributed by atoms with Gasteiger partial charge in [-0.1, -0.05) is 18.5 Å². The molecule has 0 saturated carbocycles. The second-order valence-corrected chi connectivity index (χ2v) is 3.98. The smallest absolute Gasteiger partial charge is 0.229 e. The number of nitrogens with zero attached hydrogens (tertiary/aromatic N) is 1. The van der Waals surface area contributed by atoms with Crippen LogP contribution in [-0.4, -0.2) is 11.5 Å². The molecule has 1 N–H and O–H groups in total. The molecule has 0 radical (unpaired) electrons. The van der Waals surface area contributed by atoms with Crippen molar-refractivity contribution >= 4 is 11.6 Å². The Kier molecular flexibility index (Phi) is 3.76. The molecule has 3 nitrogen and oxygen atoms in total. The zero-order valence-electron chi connectivity index (χ0n) is 9.34. The summed E-state index contributed by atoms with van der Waals surface area (Å²) < 4.78 is 18.8. The molecule has 0 fully saturated rings. The molecule has 0 atom stereocenters. The highest BCUT2D eigenvalue weighted by atomic mass is 35.5. The van der Waals surface area contributed by atoms with E-state index in [-0.39, 0.29) is 5.89 Å². The number of halogens is 2. The molecule has 5 heteroatoms. The molecular formula is C12H12ClFN2O. The van der Waals surface area contributed by atoms with E-state index in [0.717, 1.165) is 12.2 Å². The third-order valence-electron chi connectivity index (χ3n) is 2.27. The zero-order valence-corrected chi connectivity index (χ0v) is 10.1. The molecule has 0 aliphatic carbocycles. The fraction of sp³-hybridized carbons (Fsp3) is 0.250. The lowest BCUT2D eigenvalue weighted by atomic mass is 10.2. The summed E-state index contributed by atoms with van der Waals surface area (Å²) in [5, 5.41) is 3.47. The Morgan fingerprint density at radius 2 is 2.29 bits per heavy atom. The minimum Gasteiger partial charge on any atom is -0.444 e. The number of hydrogen-bond acceptors (Lipinski definition) is 3. The van der Waals surface area contributed by atoms with Gasteiger partial charge in [0.25, 0.3) is 0 Å². The van der Waals surface area contributed by atoms with Crippen molar-refractivity contribution < 1.29 is 8.81 Å². The second-order valence-electron chi connectivity index (χ2n) is 3.55. The molecule has 1 heterocycles. The Morgan fingerprint density at radius 3 is 3.00 bits per heavy atom. The molecule has 90 valence electrons. The minimum absolute atomic E-state index is 0.270.